The molecular weight excluding hydrogens is 256 g/mol. The standard InChI is InChI=1S/C15H20N2OS/c1-10-2-4-12(5-3-10)15(18)17-13-8-6-11(7-9-13)14(16)19/h6-10,12H,2-5H2,1H3,(H2,16,19)(H,17,18). The van der Waals surface area contributed by atoms with E-state index >= 15 is 0 Å². The minimum absolute atomic E-state index is 0.134. The Morgan fingerprint density at radius 2 is 1.79 bits per heavy atom. The Labute approximate surface area is 119 Å². The minimum Gasteiger partial charge on any atom is -0.389 e. The molecular formula is C15H20N2OS. The molecule has 1 saturated carbocycles. The number of hydrogen-bond acceptors (Lipinski definition) is 2. The quantitative estimate of drug-likeness (QED) is 0.834. The van der Waals surface area contributed by atoms with E-state index in [1.807, 2.05) is 24.3 Å². The fourth-order valence-electron chi connectivity index (χ4n) is 2.48. The highest BCUT2D eigenvalue weighted by atomic mass is 32.1. The van der Waals surface area contributed by atoms with E-state index in [0.29, 0.717) is 4.99 Å². The maximum Gasteiger partial charge on any atom is 0.227 e. The zero-order valence-corrected chi connectivity index (χ0v) is 12.0. The SMILES string of the molecule is CC1CCC(C(=O)Nc2ccc(C(N)=S)cc2)CC1. The summed E-state index contributed by atoms with van der Waals surface area (Å²) in [6, 6.07) is 7.36. The zero-order valence-electron chi connectivity index (χ0n) is 11.2. The molecule has 0 saturated heterocycles. The van der Waals surface area contributed by atoms with Crippen LogP contribution in [0, 0.1) is 11.8 Å². The van der Waals surface area contributed by atoms with Gasteiger partial charge in [0.15, 0.2) is 0 Å². The molecule has 0 radical (unpaired) electrons. The summed E-state index contributed by atoms with van der Waals surface area (Å²) in [4.78, 5) is 12.5. The molecule has 0 aromatic heterocycles. The minimum atomic E-state index is 0.134. The molecule has 1 aromatic carbocycles. The van der Waals surface area contributed by atoms with Crippen LogP contribution in [0.5, 0.6) is 0 Å². The molecule has 2 rings (SSSR count). The van der Waals surface area contributed by atoms with Gasteiger partial charge in [-0.05, 0) is 55.9 Å². The van der Waals surface area contributed by atoms with E-state index in [-0.39, 0.29) is 11.8 Å². The lowest BCUT2D eigenvalue weighted by molar-refractivity contribution is -0.121. The van der Waals surface area contributed by atoms with Gasteiger partial charge in [-0.1, -0.05) is 19.1 Å². The molecule has 102 valence electrons. The van der Waals surface area contributed by atoms with Crippen LogP contribution >= 0.6 is 12.2 Å². The van der Waals surface area contributed by atoms with Crippen LogP contribution in [0.4, 0.5) is 5.69 Å². The van der Waals surface area contributed by atoms with Gasteiger partial charge in [0.2, 0.25) is 5.91 Å². The number of benzene rings is 1. The molecule has 1 aromatic rings. The first kappa shape index (κ1) is 14.0. The predicted octanol–water partition coefficient (Wildman–Crippen LogP) is 3.09. The van der Waals surface area contributed by atoms with Crippen LogP contribution in [0.15, 0.2) is 24.3 Å². The van der Waals surface area contributed by atoms with Gasteiger partial charge in [0.05, 0.1) is 0 Å². The third-order valence-electron chi connectivity index (χ3n) is 3.82. The van der Waals surface area contributed by atoms with E-state index in [1.165, 1.54) is 0 Å². The van der Waals surface area contributed by atoms with Gasteiger partial charge in [0.25, 0.3) is 0 Å². The van der Waals surface area contributed by atoms with E-state index in [4.69, 9.17) is 18.0 Å². The number of thiocarbonyl (C=S) groups is 1. The summed E-state index contributed by atoms with van der Waals surface area (Å²) in [5.74, 6) is 1.05. The van der Waals surface area contributed by atoms with Gasteiger partial charge in [-0.3, -0.25) is 4.79 Å². The fraction of sp³-hybridized carbons (Fsp3) is 0.467. The highest BCUT2D eigenvalue weighted by Gasteiger charge is 2.24. The maximum absolute atomic E-state index is 12.1. The van der Waals surface area contributed by atoms with Gasteiger partial charge in [-0.2, -0.15) is 0 Å². The van der Waals surface area contributed by atoms with Crippen LogP contribution in [-0.2, 0) is 4.79 Å². The molecule has 0 unspecified atom stereocenters. The molecule has 0 spiro atoms. The fourth-order valence-corrected chi connectivity index (χ4v) is 2.62. The molecule has 1 aliphatic rings. The van der Waals surface area contributed by atoms with Crippen molar-refractivity contribution in [1.29, 1.82) is 0 Å². The van der Waals surface area contributed by atoms with E-state index in [2.05, 4.69) is 12.2 Å². The zero-order chi connectivity index (χ0) is 13.8. The van der Waals surface area contributed by atoms with Gasteiger partial charge < -0.3 is 11.1 Å². The van der Waals surface area contributed by atoms with Gasteiger partial charge in [-0.15, -0.1) is 0 Å². The van der Waals surface area contributed by atoms with Gasteiger partial charge in [0, 0.05) is 17.2 Å². The lowest BCUT2D eigenvalue weighted by atomic mass is 9.82. The number of carbonyl (C=O) groups excluding carboxylic acids is 1. The van der Waals surface area contributed by atoms with Crippen molar-refractivity contribution in [3.05, 3.63) is 29.8 Å². The second-order valence-electron chi connectivity index (χ2n) is 5.39. The molecule has 0 heterocycles. The summed E-state index contributed by atoms with van der Waals surface area (Å²) in [6.07, 6.45) is 4.30. The van der Waals surface area contributed by atoms with Crippen LogP contribution in [0.2, 0.25) is 0 Å². The summed E-state index contributed by atoms with van der Waals surface area (Å²) in [5, 5.41) is 2.97. The van der Waals surface area contributed by atoms with E-state index in [9.17, 15) is 4.79 Å². The lowest BCUT2D eigenvalue weighted by Crippen LogP contribution is -2.26. The molecule has 19 heavy (non-hydrogen) atoms. The third kappa shape index (κ3) is 3.77. The van der Waals surface area contributed by atoms with Gasteiger partial charge in [0.1, 0.15) is 4.99 Å². The molecule has 1 amide bonds. The Balaban J connectivity index is 1.93. The van der Waals surface area contributed by atoms with E-state index < -0.39 is 0 Å². The Morgan fingerprint density at radius 1 is 1.21 bits per heavy atom. The summed E-state index contributed by atoms with van der Waals surface area (Å²) in [5.41, 5.74) is 7.17. The molecule has 1 fully saturated rings. The Hall–Kier alpha value is -1.42. The van der Waals surface area contributed by atoms with Crippen LogP contribution in [0.1, 0.15) is 38.2 Å². The maximum atomic E-state index is 12.1. The topological polar surface area (TPSA) is 55.1 Å². The van der Waals surface area contributed by atoms with Gasteiger partial charge >= 0.3 is 0 Å². The summed E-state index contributed by atoms with van der Waals surface area (Å²) < 4.78 is 0. The molecule has 0 atom stereocenters. The first-order valence-corrected chi connectivity index (χ1v) is 7.18. The second kappa shape index (κ2) is 6.15. The number of hydrogen-bond donors (Lipinski definition) is 2. The number of nitrogens with one attached hydrogen (secondary N) is 1. The lowest BCUT2D eigenvalue weighted by Gasteiger charge is -2.25. The van der Waals surface area contributed by atoms with Crippen LogP contribution in [0.3, 0.4) is 0 Å². The van der Waals surface area contributed by atoms with Crippen molar-refractivity contribution in [3.8, 4) is 0 Å². The Kier molecular flexibility index (Phi) is 4.53. The summed E-state index contributed by atoms with van der Waals surface area (Å²) in [7, 11) is 0. The van der Waals surface area contributed by atoms with Crippen LogP contribution in [-0.4, -0.2) is 10.9 Å². The highest BCUT2D eigenvalue weighted by Crippen LogP contribution is 2.29. The first-order chi connectivity index (χ1) is 9.06. The number of nitrogens with two attached hydrogens (primary N) is 1. The van der Waals surface area contributed by atoms with Crippen molar-refractivity contribution in [2.45, 2.75) is 32.6 Å². The van der Waals surface area contributed by atoms with Crippen LogP contribution in [0.25, 0.3) is 0 Å². The third-order valence-corrected chi connectivity index (χ3v) is 4.06. The monoisotopic (exact) mass is 276 g/mol. The van der Waals surface area contributed by atoms with Crippen molar-refractivity contribution in [3.63, 3.8) is 0 Å². The number of carbonyl (C=O) groups is 1. The number of anilines is 1. The Morgan fingerprint density at radius 3 is 2.32 bits per heavy atom. The van der Waals surface area contributed by atoms with Crippen molar-refractivity contribution in [1.82, 2.24) is 0 Å². The molecule has 4 heteroatoms. The normalized spacial score (nSPS) is 22.8. The smallest absolute Gasteiger partial charge is 0.227 e. The van der Waals surface area contributed by atoms with Gasteiger partial charge in [-0.25, -0.2) is 0 Å². The number of amides is 1. The predicted molar refractivity (Wildman–Crippen MR) is 82.1 cm³/mol. The summed E-state index contributed by atoms with van der Waals surface area (Å²) >= 11 is 4.90. The van der Waals surface area contributed by atoms with E-state index in [1.54, 1.807) is 0 Å². The molecule has 3 nitrogen and oxygen atoms in total. The van der Waals surface area contributed by atoms with Crippen molar-refractivity contribution in [2.75, 3.05) is 5.32 Å². The second-order valence-corrected chi connectivity index (χ2v) is 5.83. The van der Waals surface area contributed by atoms with Crippen molar-refractivity contribution < 1.29 is 4.79 Å². The van der Waals surface area contributed by atoms with Crippen molar-refractivity contribution in [2.24, 2.45) is 17.6 Å². The average Bonchev–Trinajstić information content (AvgIpc) is 2.40. The average molecular weight is 276 g/mol. The molecule has 0 bridgehead atoms. The first-order valence-electron chi connectivity index (χ1n) is 6.77. The summed E-state index contributed by atoms with van der Waals surface area (Å²) in [6.45, 7) is 2.25. The molecule has 0 aliphatic heterocycles. The Bertz CT molecular complexity index is 462. The molecule has 1 aliphatic carbocycles. The van der Waals surface area contributed by atoms with E-state index in [0.717, 1.165) is 42.9 Å². The van der Waals surface area contributed by atoms with Crippen LogP contribution < -0.4 is 11.1 Å². The largest absolute Gasteiger partial charge is 0.389 e. The van der Waals surface area contributed by atoms with Crippen molar-refractivity contribution >= 4 is 28.8 Å². The highest BCUT2D eigenvalue weighted by molar-refractivity contribution is 7.80. The number of rotatable bonds is 3. The molecule has 3 N–H and O–H groups in total.